The maximum Gasteiger partial charge on any atom is 0.254 e. The number of nitrogens with zero attached hydrogens (tertiary/aromatic N) is 2. The Hall–Kier alpha value is -3.68. The molecule has 1 aromatic heterocycles. The Labute approximate surface area is 186 Å². The highest BCUT2D eigenvalue weighted by molar-refractivity contribution is 5.96. The van der Waals surface area contributed by atoms with Gasteiger partial charge >= 0.3 is 0 Å². The Balaban J connectivity index is 1.42. The summed E-state index contributed by atoms with van der Waals surface area (Å²) in [5.41, 5.74) is 2.38. The minimum absolute atomic E-state index is 0.0814. The lowest BCUT2D eigenvalue weighted by Crippen LogP contribution is -2.31. The van der Waals surface area contributed by atoms with Crippen molar-refractivity contribution in [2.24, 2.45) is 0 Å². The molecule has 1 N–H and O–H groups in total. The van der Waals surface area contributed by atoms with Gasteiger partial charge < -0.3 is 28.8 Å². The van der Waals surface area contributed by atoms with Gasteiger partial charge in [0.15, 0.2) is 11.5 Å². The fourth-order valence-corrected chi connectivity index (χ4v) is 4.30. The van der Waals surface area contributed by atoms with Crippen molar-refractivity contribution < 1.29 is 23.7 Å². The highest BCUT2D eigenvalue weighted by Gasteiger charge is 2.34. The van der Waals surface area contributed by atoms with Crippen LogP contribution in [-0.4, -0.2) is 54.8 Å². The summed E-state index contributed by atoms with van der Waals surface area (Å²) in [7, 11) is 3.20. The molecule has 0 radical (unpaired) electrons. The highest BCUT2D eigenvalue weighted by Crippen LogP contribution is 2.41. The van der Waals surface area contributed by atoms with Crippen molar-refractivity contribution >= 4 is 5.91 Å². The molecule has 32 heavy (non-hydrogen) atoms. The number of methoxy groups -OCH3 is 2. The van der Waals surface area contributed by atoms with Gasteiger partial charge in [0, 0.05) is 17.7 Å². The first kappa shape index (κ1) is 20.2. The molecule has 1 fully saturated rings. The quantitative estimate of drug-likeness (QED) is 0.655. The molecule has 3 heterocycles. The van der Waals surface area contributed by atoms with Crippen LogP contribution in [0.5, 0.6) is 23.0 Å². The molecular weight excluding hydrogens is 410 g/mol. The Morgan fingerprint density at radius 3 is 2.88 bits per heavy atom. The van der Waals surface area contributed by atoms with E-state index in [4.69, 9.17) is 18.9 Å². The van der Waals surface area contributed by atoms with Gasteiger partial charge in [-0.05, 0) is 37.1 Å². The van der Waals surface area contributed by atoms with Crippen LogP contribution in [-0.2, 0) is 0 Å². The Morgan fingerprint density at radius 2 is 2.03 bits per heavy atom. The molecule has 8 heteroatoms. The van der Waals surface area contributed by atoms with Gasteiger partial charge in [-0.25, -0.2) is 4.98 Å². The average Bonchev–Trinajstić information content (AvgIpc) is 3.52. The van der Waals surface area contributed by atoms with Gasteiger partial charge in [-0.15, -0.1) is 0 Å². The highest BCUT2D eigenvalue weighted by atomic mass is 16.6. The molecule has 0 aliphatic carbocycles. The predicted molar refractivity (Wildman–Crippen MR) is 118 cm³/mol. The second kappa shape index (κ2) is 8.45. The van der Waals surface area contributed by atoms with Crippen molar-refractivity contribution in [3.8, 4) is 34.3 Å². The second-order valence-corrected chi connectivity index (χ2v) is 7.77. The van der Waals surface area contributed by atoms with E-state index in [-0.39, 0.29) is 11.9 Å². The zero-order valence-electron chi connectivity index (χ0n) is 18.1. The summed E-state index contributed by atoms with van der Waals surface area (Å²) in [5, 5.41) is 0. The van der Waals surface area contributed by atoms with E-state index in [1.54, 1.807) is 32.5 Å². The summed E-state index contributed by atoms with van der Waals surface area (Å²) < 4.78 is 22.1. The van der Waals surface area contributed by atoms with Crippen LogP contribution in [0.3, 0.4) is 0 Å². The van der Waals surface area contributed by atoms with E-state index in [0.717, 1.165) is 35.7 Å². The number of aromatic nitrogens is 2. The molecule has 166 valence electrons. The number of imidazole rings is 1. The molecule has 2 aliphatic heterocycles. The third-order valence-electron chi connectivity index (χ3n) is 5.88. The summed E-state index contributed by atoms with van der Waals surface area (Å²) in [6.45, 7) is 1.56. The van der Waals surface area contributed by atoms with Gasteiger partial charge in [0.1, 0.15) is 24.8 Å². The van der Waals surface area contributed by atoms with Gasteiger partial charge in [0.25, 0.3) is 5.91 Å². The molecule has 0 saturated carbocycles. The van der Waals surface area contributed by atoms with Crippen LogP contribution in [0, 0.1) is 0 Å². The van der Waals surface area contributed by atoms with Crippen LogP contribution >= 0.6 is 0 Å². The lowest BCUT2D eigenvalue weighted by molar-refractivity contribution is 0.0728. The van der Waals surface area contributed by atoms with Gasteiger partial charge in [0.2, 0.25) is 5.75 Å². The zero-order chi connectivity index (χ0) is 22.1. The number of likely N-dealkylation sites (tertiary alicyclic amines) is 1. The topological polar surface area (TPSA) is 85.9 Å². The molecule has 3 aromatic rings. The predicted octanol–water partition coefficient (Wildman–Crippen LogP) is 3.84. The Kier molecular flexibility index (Phi) is 5.34. The van der Waals surface area contributed by atoms with Crippen molar-refractivity contribution in [3.63, 3.8) is 0 Å². The largest absolute Gasteiger partial charge is 0.497 e. The smallest absolute Gasteiger partial charge is 0.254 e. The number of amides is 1. The summed E-state index contributed by atoms with van der Waals surface area (Å²) >= 11 is 0. The number of aromatic amines is 1. The summed E-state index contributed by atoms with van der Waals surface area (Å²) in [6, 6.07) is 11.1. The van der Waals surface area contributed by atoms with Gasteiger partial charge in [-0.1, -0.05) is 12.1 Å². The van der Waals surface area contributed by atoms with Crippen LogP contribution in [0.1, 0.15) is 35.1 Å². The van der Waals surface area contributed by atoms with Crippen LogP contribution in [0.25, 0.3) is 11.3 Å². The number of carbonyl (C=O) groups excluding carboxylic acids is 1. The fraction of sp³-hybridized carbons (Fsp3) is 0.333. The maximum absolute atomic E-state index is 13.5. The van der Waals surface area contributed by atoms with Gasteiger partial charge in [-0.3, -0.25) is 4.79 Å². The molecule has 0 spiro atoms. The number of H-pyrrole nitrogens is 1. The Morgan fingerprint density at radius 1 is 1.16 bits per heavy atom. The van der Waals surface area contributed by atoms with Crippen molar-refractivity contribution in [2.75, 3.05) is 34.0 Å². The molecule has 1 amide bonds. The normalized spacial score (nSPS) is 17.3. The minimum atomic E-state index is -0.124. The van der Waals surface area contributed by atoms with E-state index in [0.29, 0.717) is 42.6 Å². The second-order valence-electron chi connectivity index (χ2n) is 7.77. The van der Waals surface area contributed by atoms with Crippen LogP contribution < -0.4 is 18.9 Å². The van der Waals surface area contributed by atoms with Crippen molar-refractivity contribution in [3.05, 3.63) is 54.0 Å². The third-order valence-corrected chi connectivity index (χ3v) is 5.88. The maximum atomic E-state index is 13.5. The van der Waals surface area contributed by atoms with Crippen LogP contribution in [0.4, 0.5) is 0 Å². The summed E-state index contributed by atoms with van der Waals surface area (Å²) in [4.78, 5) is 23.3. The van der Waals surface area contributed by atoms with E-state index in [1.165, 1.54) is 0 Å². The lowest BCUT2D eigenvalue weighted by Gasteiger charge is -2.25. The molecule has 2 aromatic carbocycles. The van der Waals surface area contributed by atoms with Gasteiger partial charge in [0.05, 0.1) is 32.2 Å². The third kappa shape index (κ3) is 3.62. The van der Waals surface area contributed by atoms with Crippen LogP contribution in [0.15, 0.2) is 42.6 Å². The lowest BCUT2D eigenvalue weighted by atomic mass is 10.1. The van der Waals surface area contributed by atoms with E-state index in [9.17, 15) is 4.79 Å². The van der Waals surface area contributed by atoms with E-state index in [2.05, 4.69) is 9.97 Å². The van der Waals surface area contributed by atoms with E-state index >= 15 is 0 Å². The number of hydrogen-bond acceptors (Lipinski definition) is 6. The molecular formula is C24H25N3O5. The fourth-order valence-electron chi connectivity index (χ4n) is 4.30. The van der Waals surface area contributed by atoms with E-state index in [1.807, 2.05) is 29.2 Å². The summed E-state index contributed by atoms with van der Waals surface area (Å²) in [6.07, 6.45) is 3.56. The number of rotatable bonds is 5. The molecule has 1 atom stereocenters. The first-order valence-corrected chi connectivity index (χ1v) is 10.7. The molecule has 5 rings (SSSR count). The number of benzene rings is 2. The average molecular weight is 435 g/mol. The molecule has 2 aliphatic rings. The van der Waals surface area contributed by atoms with Gasteiger partial charge in [-0.2, -0.15) is 0 Å². The number of nitrogens with one attached hydrogen (secondary N) is 1. The monoisotopic (exact) mass is 435 g/mol. The first-order chi connectivity index (χ1) is 15.7. The minimum Gasteiger partial charge on any atom is -0.497 e. The molecule has 0 unspecified atom stereocenters. The molecule has 1 saturated heterocycles. The zero-order valence-corrected chi connectivity index (χ0v) is 18.1. The number of carbonyl (C=O) groups is 1. The van der Waals surface area contributed by atoms with Crippen molar-refractivity contribution in [1.82, 2.24) is 14.9 Å². The number of ether oxygens (including phenoxy) is 4. The number of fused-ring (bicyclic) bond motifs is 1. The van der Waals surface area contributed by atoms with Crippen LogP contribution in [0.2, 0.25) is 0 Å². The standard InChI is InChI=1S/C24H25N3O5/c1-29-17-6-3-5-15(11-17)18-14-25-23(26-18)19-7-4-8-27(19)24(28)16-12-20(30-2)22-21(13-16)31-9-10-32-22/h3,5-6,11-14,19H,4,7-10H2,1-2H3,(H,25,26)/t19-/m0/s1. The molecule has 8 nitrogen and oxygen atoms in total. The number of hydrogen-bond donors (Lipinski definition) is 1. The van der Waals surface area contributed by atoms with E-state index < -0.39 is 0 Å². The summed E-state index contributed by atoms with van der Waals surface area (Å²) in [5.74, 6) is 3.05. The molecule has 0 bridgehead atoms. The SMILES string of the molecule is COc1cccc(-c2cnc([C@@H]3CCCN3C(=O)c3cc(OC)c4c(c3)OCCO4)[nH]2)c1. The first-order valence-electron chi connectivity index (χ1n) is 10.7. The Bertz CT molecular complexity index is 1130. The van der Waals surface area contributed by atoms with Crippen molar-refractivity contribution in [1.29, 1.82) is 0 Å². The van der Waals surface area contributed by atoms with Crippen molar-refractivity contribution in [2.45, 2.75) is 18.9 Å².